The summed E-state index contributed by atoms with van der Waals surface area (Å²) in [4.78, 5) is 28.6. The molecule has 3 atom stereocenters. The van der Waals surface area contributed by atoms with Crippen molar-refractivity contribution in [2.24, 2.45) is 0 Å². The number of ether oxygens (including phenoxy) is 1. The Morgan fingerprint density at radius 3 is 2.66 bits per heavy atom. The molecule has 216 valence electrons. The lowest BCUT2D eigenvalue weighted by Crippen LogP contribution is -2.63. The van der Waals surface area contributed by atoms with Gasteiger partial charge in [0.05, 0.1) is 18.5 Å². The molecule has 0 spiro atoms. The first kappa shape index (κ1) is 27.4. The number of nitrogens with one attached hydrogen (secondary N) is 3. The lowest BCUT2D eigenvalue weighted by molar-refractivity contribution is -0.134. The van der Waals surface area contributed by atoms with Crippen LogP contribution >= 0.6 is 0 Å². The summed E-state index contributed by atoms with van der Waals surface area (Å²) in [5, 5.41) is 15.2. The number of hydrogen-bond acceptors (Lipinski definition) is 4. The summed E-state index contributed by atoms with van der Waals surface area (Å²) in [5.41, 5.74) is 0.988. The standard InChI is InChI=1S/C32H36F2N4O3/c1-4-31-13-6-5-7-19-8-11-26-22(15-19)24(17-30(2,3)41-26)36-28(40)20-9-10-23-21(16-20)25(12-14-32(23,33)34)38(27(39)18-31)29(35)37-31/h5,7-11,15-16,24-25H,4,6,12-14,17-18H2,1-3H3,(H2,35,37)(H,36,40)/b7-5-/t24-,25+,31+/m0/s1. The van der Waals surface area contributed by atoms with Crippen LogP contribution in [-0.4, -0.2) is 33.8 Å². The maximum atomic E-state index is 15.1. The average Bonchev–Trinajstić information content (AvgIpc) is 2.91. The zero-order valence-electron chi connectivity index (χ0n) is 23.7. The second kappa shape index (κ2) is 9.67. The van der Waals surface area contributed by atoms with E-state index in [4.69, 9.17) is 10.1 Å². The van der Waals surface area contributed by atoms with Gasteiger partial charge in [-0.25, -0.2) is 8.78 Å². The molecule has 1 fully saturated rings. The summed E-state index contributed by atoms with van der Waals surface area (Å²) in [5.74, 6) is -3.11. The third-order valence-corrected chi connectivity index (χ3v) is 9.07. The highest BCUT2D eigenvalue weighted by molar-refractivity contribution is 6.00. The number of halogens is 2. The summed E-state index contributed by atoms with van der Waals surface area (Å²) >= 11 is 0. The van der Waals surface area contributed by atoms with Crippen LogP contribution in [0.25, 0.3) is 6.08 Å². The quantitative estimate of drug-likeness (QED) is 0.377. The van der Waals surface area contributed by atoms with Gasteiger partial charge in [0.1, 0.15) is 11.4 Å². The number of carbonyl (C=O) groups excluding carboxylic acids is 2. The van der Waals surface area contributed by atoms with Crippen molar-refractivity contribution >= 4 is 23.8 Å². The van der Waals surface area contributed by atoms with E-state index in [0.717, 1.165) is 11.1 Å². The third kappa shape index (κ3) is 4.89. The van der Waals surface area contributed by atoms with Crippen molar-refractivity contribution in [3.05, 3.63) is 70.3 Å². The van der Waals surface area contributed by atoms with E-state index in [1.54, 1.807) is 0 Å². The van der Waals surface area contributed by atoms with Gasteiger partial charge >= 0.3 is 0 Å². The van der Waals surface area contributed by atoms with E-state index in [2.05, 4.69) is 16.7 Å². The largest absolute Gasteiger partial charge is 0.487 e. The number of hydrogen-bond donors (Lipinski definition) is 3. The molecule has 2 amide bonds. The van der Waals surface area contributed by atoms with Gasteiger partial charge in [-0.3, -0.25) is 19.9 Å². The number of allylic oxidation sites excluding steroid dienone is 1. The predicted octanol–water partition coefficient (Wildman–Crippen LogP) is 6.36. The number of nitrogens with zero attached hydrogens (tertiary/aromatic N) is 1. The molecule has 5 aliphatic rings. The minimum atomic E-state index is -3.09. The van der Waals surface area contributed by atoms with Crippen molar-refractivity contribution in [2.75, 3.05) is 0 Å². The number of fused-ring (bicyclic) bond motifs is 5. The minimum Gasteiger partial charge on any atom is -0.487 e. The smallest absolute Gasteiger partial charge is 0.273 e. The summed E-state index contributed by atoms with van der Waals surface area (Å²) < 4.78 is 36.5. The van der Waals surface area contributed by atoms with E-state index in [0.29, 0.717) is 31.4 Å². The Balaban J connectivity index is 1.47. The van der Waals surface area contributed by atoms with Gasteiger partial charge in [-0.15, -0.1) is 0 Å². The third-order valence-electron chi connectivity index (χ3n) is 9.07. The molecule has 4 heterocycles. The van der Waals surface area contributed by atoms with Crippen molar-refractivity contribution in [3.8, 4) is 5.75 Å². The first-order chi connectivity index (χ1) is 19.4. The molecule has 1 saturated heterocycles. The number of benzene rings is 2. The number of amides is 2. The van der Waals surface area contributed by atoms with Crippen molar-refractivity contribution in [1.82, 2.24) is 15.5 Å². The Labute approximate surface area is 238 Å². The number of alkyl halides is 2. The van der Waals surface area contributed by atoms with Crippen LogP contribution in [0.5, 0.6) is 5.75 Å². The first-order valence-electron chi connectivity index (χ1n) is 14.4. The molecule has 2 aromatic carbocycles. The molecule has 6 bridgehead atoms. The van der Waals surface area contributed by atoms with Crippen molar-refractivity contribution in [1.29, 1.82) is 5.41 Å². The zero-order valence-corrected chi connectivity index (χ0v) is 23.7. The Kier molecular flexibility index (Phi) is 6.47. The molecule has 41 heavy (non-hydrogen) atoms. The molecule has 9 heteroatoms. The highest BCUT2D eigenvalue weighted by atomic mass is 19.3. The van der Waals surface area contributed by atoms with Gasteiger partial charge in [-0.1, -0.05) is 31.2 Å². The van der Waals surface area contributed by atoms with Crippen LogP contribution in [0.15, 0.2) is 42.5 Å². The van der Waals surface area contributed by atoms with E-state index in [9.17, 15) is 9.59 Å². The lowest BCUT2D eigenvalue weighted by Gasteiger charge is -2.47. The Bertz CT molecular complexity index is 1450. The van der Waals surface area contributed by atoms with E-state index < -0.39 is 29.5 Å². The molecule has 2 aromatic rings. The van der Waals surface area contributed by atoms with Crippen molar-refractivity contribution in [2.45, 2.75) is 94.9 Å². The summed E-state index contributed by atoms with van der Waals surface area (Å²) in [6.45, 7) is 5.94. The molecule has 7 rings (SSSR count). The molecular weight excluding hydrogens is 526 g/mol. The molecule has 4 aliphatic heterocycles. The second-order valence-electron chi connectivity index (χ2n) is 12.4. The molecule has 3 N–H and O–H groups in total. The zero-order chi connectivity index (χ0) is 29.2. The van der Waals surface area contributed by atoms with E-state index in [-0.39, 0.29) is 53.3 Å². The van der Waals surface area contributed by atoms with Crippen LogP contribution in [0, 0.1) is 5.41 Å². The van der Waals surface area contributed by atoms with Gasteiger partial charge < -0.3 is 15.4 Å². The summed E-state index contributed by atoms with van der Waals surface area (Å²) in [7, 11) is 0. The molecule has 7 nitrogen and oxygen atoms in total. The molecule has 0 saturated carbocycles. The maximum Gasteiger partial charge on any atom is 0.273 e. The minimum absolute atomic E-state index is 0.00690. The fraction of sp³-hybridized carbons (Fsp3) is 0.469. The SMILES string of the molecule is CC[C@]12CC/C=C\c3ccc4c(c3)[C@H](CC(C)(C)O4)NC(=O)c3ccc4c(c3)[C@@H](CCC4(F)F)N(C(=N)N1)C(=O)C2. The van der Waals surface area contributed by atoms with Crippen LogP contribution in [0.2, 0.25) is 0 Å². The van der Waals surface area contributed by atoms with Crippen LogP contribution in [0.4, 0.5) is 8.78 Å². The van der Waals surface area contributed by atoms with Gasteiger partial charge in [0, 0.05) is 35.1 Å². The van der Waals surface area contributed by atoms with E-state index >= 15 is 8.78 Å². The van der Waals surface area contributed by atoms with Crippen LogP contribution < -0.4 is 15.4 Å². The summed E-state index contributed by atoms with van der Waals surface area (Å²) in [6.07, 6.45) is 6.31. The maximum absolute atomic E-state index is 15.1. The second-order valence-corrected chi connectivity index (χ2v) is 12.4. The Morgan fingerprint density at radius 2 is 1.90 bits per heavy atom. The van der Waals surface area contributed by atoms with E-state index in [1.807, 2.05) is 45.0 Å². The van der Waals surface area contributed by atoms with Gasteiger partial charge in [-0.2, -0.15) is 0 Å². The molecule has 0 aromatic heterocycles. The van der Waals surface area contributed by atoms with Crippen LogP contribution in [-0.2, 0) is 10.7 Å². The molecular formula is C32H36F2N4O3. The first-order valence-corrected chi connectivity index (χ1v) is 14.4. The Hall–Kier alpha value is -3.75. The van der Waals surface area contributed by atoms with Gasteiger partial charge in [0.2, 0.25) is 5.91 Å². The van der Waals surface area contributed by atoms with Gasteiger partial charge in [-0.05, 0) is 74.9 Å². The van der Waals surface area contributed by atoms with Gasteiger partial charge in [0.15, 0.2) is 5.96 Å². The lowest BCUT2D eigenvalue weighted by atomic mass is 9.80. The van der Waals surface area contributed by atoms with E-state index in [1.165, 1.54) is 23.1 Å². The topological polar surface area (TPSA) is 94.5 Å². The van der Waals surface area contributed by atoms with Crippen LogP contribution in [0.3, 0.4) is 0 Å². The molecule has 1 aliphatic carbocycles. The average molecular weight is 563 g/mol. The summed E-state index contributed by atoms with van der Waals surface area (Å²) in [6, 6.07) is 9.03. The number of rotatable bonds is 1. The highest BCUT2D eigenvalue weighted by Gasteiger charge is 2.48. The molecule has 0 unspecified atom stereocenters. The van der Waals surface area contributed by atoms with Crippen LogP contribution in [0.1, 0.15) is 110 Å². The normalized spacial score (nSPS) is 29.0. The molecule has 0 radical (unpaired) electrons. The fourth-order valence-electron chi connectivity index (χ4n) is 6.84. The monoisotopic (exact) mass is 562 g/mol. The highest BCUT2D eigenvalue weighted by Crippen LogP contribution is 2.48. The van der Waals surface area contributed by atoms with Crippen molar-refractivity contribution in [3.63, 3.8) is 0 Å². The Morgan fingerprint density at radius 1 is 1.10 bits per heavy atom. The van der Waals surface area contributed by atoms with Crippen molar-refractivity contribution < 1.29 is 23.1 Å². The van der Waals surface area contributed by atoms with Gasteiger partial charge in [0.25, 0.3) is 11.8 Å². The fourth-order valence-corrected chi connectivity index (χ4v) is 6.84. The number of carbonyl (C=O) groups is 2. The number of guanidine groups is 1. The predicted molar refractivity (Wildman–Crippen MR) is 152 cm³/mol.